The fraction of sp³-hybridized carbons (Fsp3) is 0.211. The van der Waals surface area contributed by atoms with E-state index in [1.807, 2.05) is 24.3 Å². The summed E-state index contributed by atoms with van der Waals surface area (Å²) in [5, 5.41) is 14.7. The van der Waals surface area contributed by atoms with Crippen LogP contribution in [0.15, 0.2) is 53.0 Å². The number of benzene rings is 2. The predicted octanol–water partition coefficient (Wildman–Crippen LogP) is 1.80. The van der Waals surface area contributed by atoms with Gasteiger partial charge in [0.1, 0.15) is 6.07 Å². The Hall–Kier alpha value is -2.69. The van der Waals surface area contributed by atoms with Gasteiger partial charge in [-0.25, -0.2) is 0 Å². The van der Waals surface area contributed by atoms with Crippen molar-refractivity contribution in [2.24, 2.45) is 0 Å². The zero-order valence-corrected chi connectivity index (χ0v) is 16.1. The van der Waals surface area contributed by atoms with Gasteiger partial charge in [0, 0.05) is 4.47 Å². The molecule has 0 aliphatic rings. The van der Waals surface area contributed by atoms with Crippen molar-refractivity contribution in [3.63, 3.8) is 0 Å². The first-order chi connectivity index (χ1) is 12.4. The van der Waals surface area contributed by atoms with Gasteiger partial charge in [-0.2, -0.15) is 5.26 Å². The minimum absolute atomic E-state index is 0.135. The van der Waals surface area contributed by atoms with Crippen molar-refractivity contribution in [1.82, 2.24) is 0 Å². The van der Waals surface area contributed by atoms with E-state index in [4.69, 9.17) is 5.26 Å². The summed E-state index contributed by atoms with van der Waals surface area (Å²) in [4.78, 5) is 25.4. The van der Waals surface area contributed by atoms with Gasteiger partial charge in [-0.15, -0.1) is 0 Å². The Morgan fingerprint density at radius 2 is 1.73 bits per heavy atom. The molecule has 2 rings (SSSR count). The Morgan fingerprint density at radius 1 is 1.12 bits per heavy atom. The van der Waals surface area contributed by atoms with E-state index in [0.29, 0.717) is 16.9 Å². The first-order valence-corrected chi connectivity index (χ1v) is 8.88. The summed E-state index contributed by atoms with van der Waals surface area (Å²) in [7, 11) is 1.78. The van der Waals surface area contributed by atoms with Crippen LogP contribution in [0.25, 0.3) is 0 Å². The molecule has 0 bridgehead atoms. The number of hydrogen-bond acceptors (Lipinski definition) is 3. The second-order valence-corrected chi connectivity index (χ2v) is 6.77. The molecule has 7 heteroatoms. The molecule has 134 valence electrons. The molecule has 2 atom stereocenters. The number of para-hydroxylation sites is 2. The Labute approximate surface area is 160 Å². The van der Waals surface area contributed by atoms with E-state index in [9.17, 15) is 9.59 Å². The van der Waals surface area contributed by atoms with Crippen molar-refractivity contribution >= 4 is 39.1 Å². The lowest BCUT2D eigenvalue weighted by Gasteiger charge is -2.21. The van der Waals surface area contributed by atoms with Gasteiger partial charge < -0.3 is 15.5 Å². The van der Waals surface area contributed by atoms with E-state index < -0.39 is 6.04 Å². The van der Waals surface area contributed by atoms with Gasteiger partial charge in [0.25, 0.3) is 11.8 Å². The molecule has 2 aromatic rings. The lowest BCUT2D eigenvalue weighted by molar-refractivity contribution is -0.885. The minimum atomic E-state index is -0.466. The first-order valence-electron chi connectivity index (χ1n) is 8.09. The zero-order valence-electron chi connectivity index (χ0n) is 14.5. The van der Waals surface area contributed by atoms with Gasteiger partial charge in [0.2, 0.25) is 0 Å². The minimum Gasteiger partial charge on any atom is -0.320 e. The highest BCUT2D eigenvalue weighted by molar-refractivity contribution is 9.10. The van der Waals surface area contributed by atoms with Crippen LogP contribution in [-0.2, 0) is 9.59 Å². The SMILES string of the molecule is C[C@H](C(=O)Nc1ccccc1C#N)[NH+](C)CC(=O)Nc1ccccc1Br. The lowest BCUT2D eigenvalue weighted by atomic mass is 10.2. The summed E-state index contributed by atoms with van der Waals surface area (Å²) in [6, 6.07) is 15.7. The third-order valence-corrected chi connectivity index (χ3v) is 4.72. The van der Waals surface area contributed by atoms with Crippen LogP contribution in [0.2, 0.25) is 0 Å². The number of halogens is 1. The molecular weight excluding hydrogens is 396 g/mol. The largest absolute Gasteiger partial charge is 0.320 e. The molecular formula is C19H20BrN4O2+. The summed E-state index contributed by atoms with van der Waals surface area (Å²) in [6.07, 6.45) is 0. The van der Waals surface area contributed by atoms with E-state index in [1.54, 1.807) is 44.3 Å². The molecule has 3 N–H and O–H groups in total. The summed E-state index contributed by atoms with van der Waals surface area (Å²) < 4.78 is 0.796. The van der Waals surface area contributed by atoms with Crippen LogP contribution >= 0.6 is 15.9 Å². The average molecular weight is 416 g/mol. The van der Waals surface area contributed by atoms with Crippen LogP contribution in [0.4, 0.5) is 11.4 Å². The number of nitrogens with zero attached hydrogens (tertiary/aromatic N) is 1. The highest BCUT2D eigenvalue weighted by atomic mass is 79.9. The molecule has 0 spiro atoms. The summed E-state index contributed by atoms with van der Waals surface area (Å²) >= 11 is 3.38. The van der Waals surface area contributed by atoms with Gasteiger partial charge in [-0.05, 0) is 47.1 Å². The molecule has 6 nitrogen and oxygen atoms in total. The van der Waals surface area contributed by atoms with Crippen molar-refractivity contribution in [2.75, 3.05) is 24.2 Å². The van der Waals surface area contributed by atoms with Crippen molar-refractivity contribution in [2.45, 2.75) is 13.0 Å². The number of carbonyl (C=O) groups excluding carboxylic acids is 2. The molecule has 0 saturated heterocycles. The molecule has 1 unspecified atom stereocenters. The van der Waals surface area contributed by atoms with E-state index in [1.165, 1.54) is 0 Å². The predicted molar refractivity (Wildman–Crippen MR) is 104 cm³/mol. The van der Waals surface area contributed by atoms with E-state index >= 15 is 0 Å². The summed E-state index contributed by atoms with van der Waals surface area (Å²) in [5.74, 6) is -0.439. The Bertz CT molecular complexity index is 847. The van der Waals surface area contributed by atoms with Gasteiger partial charge >= 0.3 is 0 Å². The van der Waals surface area contributed by atoms with Gasteiger partial charge in [-0.1, -0.05) is 24.3 Å². The molecule has 0 aromatic heterocycles. The fourth-order valence-corrected chi connectivity index (χ4v) is 2.70. The number of quaternary nitrogens is 1. The van der Waals surface area contributed by atoms with Gasteiger partial charge in [0.15, 0.2) is 12.6 Å². The Kier molecular flexibility index (Phi) is 6.89. The topological polar surface area (TPSA) is 86.4 Å². The molecule has 2 aromatic carbocycles. The first kappa shape index (κ1) is 19.6. The van der Waals surface area contributed by atoms with Crippen molar-refractivity contribution in [1.29, 1.82) is 5.26 Å². The quantitative estimate of drug-likeness (QED) is 0.672. The Balaban J connectivity index is 1.95. The molecule has 0 radical (unpaired) electrons. The molecule has 0 heterocycles. The van der Waals surface area contributed by atoms with Gasteiger partial charge in [0.05, 0.1) is 24.0 Å². The number of carbonyl (C=O) groups is 2. The highest BCUT2D eigenvalue weighted by Gasteiger charge is 2.24. The standard InChI is InChI=1S/C19H19BrN4O2/c1-13(19(26)23-16-9-5-3-7-14(16)11-21)24(2)12-18(25)22-17-10-6-4-8-15(17)20/h3-10,13H,12H2,1-2H3,(H,22,25)(H,23,26)/p+1/t13-/m1/s1. The van der Waals surface area contributed by atoms with Crippen LogP contribution in [0.5, 0.6) is 0 Å². The van der Waals surface area contributed by atoms with Crippen LogP contribution in [0.3, 0.4) is 0 Å². The fourth-order valence-electron chi connectivity index (χ4n) is 2.32. The van der Waals surface area contributed by atoms with Crippen molar-refractivity contribution < 1.29 is 14.5 Å². The number of hydrogen-bond donors (Lipinski definition) is 3. The maximum atomic E-state index is 12.4. The third kappa shape index (κ3) is 5.15. The Morgan fingerprint density at radius 3 is 2.38 bits per heavy atom. The number of anilines is 2. The second kappa shape index (κ2) is 9.13. The molecule has 0 aliphatic heterocycles. The zero-order chi connectivity index (χ0) is 19.1. The number of nitriles is 1. The van der Waals surface area contributed by atoms with Crippen molar-refractivity contribution in [3.05, 3.63) is 58.6 Å². The number of likely N-dealkylation sites (N-methyl/N-ethyl adjacent to an activating group) is 1. The van der Waals surface area contributed by atoms with Crippen LogP contribution < -0.4 is 15.5 Å². The molecule has 26 heavy (non-hydrogen) atoms. The molecule has 2 amide bonds. The summed E-state index contributed by atoms with van der Waals surface area (Å²) in [5.41, 5.74) is 1.56. The maximum Gasteiger partial charge on any atom is 0.282 e. The van der Waals surface area contributed by atoms with Crippen molar-refractivity contribution in [3.8, 4) is 6.07 Å². The number of nitrogens with one attached hydrogen (secondary N) is 3. The van der Waals surface area contributed by atoms with E-state index in [2.05, 4.69) is 26.6 Å². The van der Waals surface area contributed by atoms with E-state index in [0.717, 1.165) is 9.37 Å². The van der Waals surface area contributed by atoms with Crippen LogP contribution in [0.1, 0.15) is 12.5 Å². The number of rotatable bonds is 6. The van der Waals surface area contributed by atoms with Gasteiger partial charge in [-0.3, -0.25) is 9.59 Å². The monoisotopic (exact) mass is 415 g/mol. The van der Waals surface area contributed by atoms with Crippen LogP contribution in [0, 0.1) is 11.3 Å². The number of amides is 2. The lowest BCUT2D eigenvalue weighted by Crippen LogP contribution is -3.14. The third-order valence-electron chi connectivity index (χ3n) is 4.03. The van der Waals surface area contributed by atoms with Crippen LogP contribution in [-0.4, -0.2) is 31.4 Å². The second-order valence-electron chi connectivity index (χ2n) is 5.92. The molecule has 0 saturated carbocycles. The van der Waals surface area contributed by atoms with E-state index in [-0.39, 0.29) is 18.4 Å². The smallest absolute Gasteiger partial charge is 0.282 e. The molecule has 0 aliphatic carbocycles. The molecule has 0 fully saturated rings. The normalized spacial score (nSPS) is 12.5. The summed E-state index contributed by atoms with van der Waals surface area (Å²) in [6.45, 7) is 1.88. The average Bonchev–Trinajstić information content (AvgIpc) is 2.63. The maximum absolute atomic E-state index is 12.4. The highest BCUT2D eigenvalue weighted by Crippen LogP contribution is 2.20.